The van der Waals surface area contributed by atoms with Crippen molar-refractivity contribution in [2.24, 2.45) is 5.92 Å². The lowest BCUT2D eigenvalue weighted by Crippen LogP contribution is -2.35. The molecule has 0 amide bonds. The third kappa shape index (κ3) is 2.48. The number of hydrogen-bond acceptors (Lipinski definition) is 2. The average Bonchev–Trinajstić information content (AvgIpc) is 2.73. The zero-order valence-corrected chi connectivity index (χ0v) is 10.7. The first kappa shape index (κ1) is 12.6. The molecule has 1 fully saturated rings. The van der Waals surface area contributed by atoms with Crippen molar-refractivity contribution in [3.05, 3.63) is 29.8 Å². The molecule has 1 aliphatic carbocycles. The fraction of sp³-hybridized carbons (Fsp3) is 0.533. The van der Waals surface area contributed by atoms with Gasteiger partial charge in [0, 0.05) is 43.6 Å². The van der Waals surface area contributed by atoms with Crippen molar-refractivity contribution in [3.8, 4) is 0 Å². The summed E-state index contributed by atoms with van der Waals surface area (Å²) in [6.45, 7) is 1.29. The number of rotatable bonds is 2. The number of halogens is 2. The maximum absolute atomic E-state index is 13.2. The highest BCUT2D eigenvalue weighted by atomic mass is 19.3. The summed E-state index contributed by atoms with van der Waals surface area (Å²) in [6.07, 6.45) is 1.06. The van der Waals surface area contributed by atoms with Crippen molar-refractivity contribution < 1.29 is 13.6 Å². The monoisotopic (exact) mass is 265 g/mol. The number of nitrogens with zero attached hydrogens (tertiary/aromatic N) is 1. The number of carbonyl (C=O) groups excluding carboxylic acids is 1. The molecule has 2 aliphatic rings. The quantitative estimate of drug-likeness (QED) is 0.815. The van der Waals surface area contributed by atoms with E-state index in [1.54, 1.807) is 0 Å². The molecule has 1 aromatic carbocycles. The number of carbonyl (C=O) groups is 1. The van der Waals surface area contributed by atoms with E-state index < -0.39 is 5.92 Å². The molecule has 0 bridgehead atoms. The summed E-state index contributed by atoms with van der Waals surface area (Å²) in [5, 5.41) is 0. The average molecular weight is 265 g/mol. The number of ketones is 1. The lowest BCUT2D eigenvalue weighted by molar-refractivity contribution is 0.00532. The van der Waals surface area contributed by atoms with Crippen molar-refractivity contribution in [3.63, 3.8) is 0 Å². The van der Waals surface area contributed by atoms with Gasteiger partial charge in [0.2, 0.25) is 5.92 Å². The maximum atomic E-state index is 13.2. The second kappa shape index (κ2) is 4.58. The van der Waals surface area contributed by atoms with E-state index in [2.05, 4.69) is 4.90 Å². The minimum absolute atomic E-state index is 0.00604. The van der Waals surface area contributed by atoms with Crippen LogP contribution in [0.1, 0.15) is 36.0 Å². The molecule has 1 aromatic rings. The SMILES string of the molecule is O=C1CCN(CC2CCC(F)(F)C2)c2ccccc21. The third-order valence-corrected chi connectivity index (χ3v) is 4.14. The van der Waals surface area contributed by atoms with Gasteiger partial charge in [-0.05, 0) is 24.5 Å². The van der Waals surface area contributed by atoms with Crippen LogP contribution in [0, 0.1) is 5.92 Å². The Morgan fingerprint density at radius 3 is 2.84 bits per heavy atom. The molecule has 0 aromatic heterocycles. The predicted octanol–water partition coefficient (Wildman–Crippen LogP) is 3.51. The second-order valence-electron chi connectivity index (χ2n) is 5.60. The normalized spacial score (nSPS) is 25.5. The van der Waals surface area contributed by atoms with Crippen LogP contribution >= 0.6 is 0 Å². The van der Waals surface area contributed by atoms with E-state index in [0.29, 0.717) is 25.9 Å². The molecule has 1 unspecified atom stereocenters. The molecule has 1 aliphatic heterocycles. The summed E-state index contributed by atoms with van der Waals surface area (Å²) >= 11 is 0. The number of para-hydroxylation sites is 1. The summed E-state index contributed by atoms with van der Waals surface area (Å²) in [7, 11) is 0. The molecule has 19 heavy (non-hydrogen) atoms. The van der Waals surface area contributed by atoms with Gasteiger partial charge < -0.3 is 4.90 Å². The largest absolute Gasteiger partial charge is 0.370 e. The highest BCUT2D eigenvalue weighted by molar-refractivity contribution is 6.03. The predicted molar refractivity (Wildman–Crippen MR) is 69.9 cm³/mol. The molecular weight excluding hydrogens is 248 g/mol. The van der Waals surface area contributed by atoms with E-state index in [1.807, 2.05) is 24.3 Å². The maximum Gasteiger partial charge on any atom is 0.248 e. The van der Waals surface area contributed by atoms with Crippen molar-refractivity contribution in [2.45, 2.75) is 31.6 Å². The van der Waals surface area contributed by atoms with Crippen LogP contribution in [0.5, 0.6) is 0 Å². The van der Waals surface area contributed by atoms with Gasteiger partial charge in [-0.3, -0.25) is 4.79 Å². The van der Waals surface area contributed by atoms with E-state index in [9.17, 15) is 13.6 Å². The van der Waals surface area contributed by atoms with Crippen LogP contribution in [0.25, 0.3) is 0 Å². The van der Waals surface area contributed by atoms with E-state index >= 15 is 0 Å². The van der Waals surface area contributed by atoms with Gasteiger partial charge in [0.05, 0.1) is 0 Å². The summed E-state index contributed by atoms with van der Waals surface area (Å²) in [5.74, 6) is -2.30. The minimum Gasteiger partial charge on any atom is -0.370 e. The number of alkyl halides is 2. The molecule has 0 saturated heterocycles. The first-order valence-corrected chi connectivity index (χ1v) is 6.80. The zero-order chi connectivity index (χ0) is 13.5. The topological polar surface area (TPSA) is 20.3 Å². The highest BCUT2D eigenvalue weighted by Gasteiger charge is 2.40. The Kier molecular flexibility index (Phi) is 3.03. The van der Waals surface area contributed by atoms with E-state index in [0.717, 1.165) is 11.3 Å². The standard InChI is InChI=1S/C15H17F2NO/c16-15(17)7-5-11(9-15)10-18-8-6-14(19)12-3-1-2-4-13(12)18/h1-4,11H,5-10H2. The molecule has 0 N–H and O–H groups in total. The van der Waals surface area contributed by atoms with Crippen molar-refractivity contribution in [1.82, 2.24) is 0 Å². The van der Waals surface area contributed by atoms with Gasteiger partial charge in [-0.25, -0.2) is 8.78 Å². The van der Waals surface area contributed by atoms with Crippen LogP contribution in [0.4, 0.5) is 14.5 Å². The lowest BCUT2D eigenvalue weighted by Gasteiger charge is -2.32. The number of fused-ring (bicyclic) bond motifs is 1. The Morgan fingerprint density at radius 1 is 1.32 bits per heavy atom. The Bertz CT molecular complexity index is 501. The number of hydrogen-bond donors (Lipinski definition) is 0. The van der Waals surface area contributed by atoms with Crippen LogP contribution in [-0.4, -0.2) is 24.8 Å². The minimum atomic E-state index is -2.49. The molecule has 0 radical (unpaired) electrons. The Morgan fingerprint density at radius 2 is 2.11 bits per heavy atom. The molecule has 4 heteroatoms. The summed E-state index contributed by atoms with van der Waals surface area (Å²) in [5.41, 5.74) is 1.65. The Hall–Kier alpha value is -1.45. The summed E-state index contributed by atoms with van der Waals surface area (Å²) in [4.78, 5) is 13.9. The van der Waals surface area contributed by atoms with E-state index in [4.69, 9.17) is 0 Å². The van der Waals surface area contributed by atoms with Gasteiger partial charge in [-0.15, -0.1) is 0 Å². The lowest BCUT2D eigenvalue weighted by atomic mass is 9.98. The fourth-order valence-electron chi connectivity index (χ4n) is 3.18. The van der Waals surface area contributed by atoms with Crippen LogP contribution in [0.2, 0.25) is 0 Å². The van der Waals surface area contributed by atoms with Gasteiger partial charge in [-0.2, -0.15) is 0 Å². The van der Waals surface area contributed by atoms with Gasteiger partial charge in [0.1, 0.15) is 0 Å². The van der Waals surface area contributed by atoms with E-state index in [1.165, 1.54) is 0 Å². The van der Waals surface area contributed by atoms with Crippen LogP contribution < -0.4 is 4.90 Å². The van der Waals surface area contributed by atoms with Crippen LogP contribution in [0.3, 0.4) is 0 Å². The zero-order valence-electron chi connectivity index (χ0n) is 10.7. The van der Waals surface area contributed by atoms with Crippen molar-refractivity contribution >= 4 is 11.5 Å². The number of Topliss-reactive ketones (excluding diaryl/α,β-unsaturated/α-hetero) is 1. The van der Waals surface area contributed by atoms with Gasteiger partial charge >= 0.3 is 0 Å². The van der Waals surface area contributed by atoms with Gasteiger partial charge in [-0.1, -0.05) is 12.1 Å². The van der Waals surface area contributed by atoms with Crippen LogP contribution in [0.15, 0.2) is 24.3 Å². The fourth-order valence-corrected chi connectivity index (χ4v) is 3.18. The first-order valence-electron chi connectivity index (χ1n) is 6.80. The van der Waals surface area contributed by atoms with Crippen molar-refractivity contribution in [1.29, 1.82) is 0 Å². The molecule has 3 rings (SSSR count). The van der Waals surface area contributed by atoms with Crippen LogP contribution in [-0.2, 0) is 0 Å². The molecule has 2 nitrogen and oxygen atoms in total. The van der Waals surface area contributed by atoms with E-state index in [-0.39, 0.29) is 24.5 Å². The second-order valence-corrected chi connectivity index (χ2v) is 5.60. The Balaban J connectivity index is 1.76. The van der Waals surface area contributed by atoms with Gasteiger partial charge in [0.25, 0.3) is 0 Å². The molecule has 102 valence electrons. The molecule has 1 atom stereocenters. The number of benzene rings is 1. The molecule has 1 heterocycles. The molecular formula is C15H17F2NO. The van der Waals surface area contributed by atoms with Gasteiger partial charge in [0.15, 0.2) is 5.78 Å². The smallest absolute Gasteiger partial charge is 0.248 e. The van der Waals surface area contributed by atoms with Crippen molar-refractivity contribution in [2.75, 3.05) is 18.0 Å². The molecule has 0 spiro atoms. The summed E-state index contributed by atoms with van der Waals surface area (Å²) < 4.78 is 26.5. The molecule has 1 saturated carbocycles. The first-order chi connectivity index (χ1) is 9.05. The highest BCUT2D eigenvalue weighted by Crippen LogP contribution is 2.40. The number of anilines is 1. The Labute approximate surface area is 111 Å². The summed E-state index contributed by atoms with van der Waals surface area (Å²) in [6, 6.07) is 7.49. The third-order valence-electron chi connectivity index (χ3n) is 4.14.